The van der Waals surface area contributed by atoms with E-state index in [-0.39, 0.29) is 49.3 Å². The number of carbonyl (C=O) groups excluding carboxylic acids is 4. The van der Waals surface area contributed by atoms with Gasteiger partial charge < -0.3 is 25.2 Å². The number of nitrogens with zero attached hydrogens (tertiary/aromatic N) is 4. The summed E-state index contributed by atoms with van der Waals surface area (Å²) < 4.78 is 45.0. The fourth-order valence-corrected chi connectivity index (χ4v) is 6.43. The van der Waals surface area contributed by atoms with Crippen molar-refractivity contribution in [3.8, 4) is 0 Å². The van der Waals surface area contributed by atoms with E-state index in [0.29, 0.717) is 12.1 Å². The molecule has 2 N–H and O–H groups in total. The number of aromatic nitrogens is 2. The second-order valence-corrected chi connectivity index (χ2v) is 13.2. The van der Waals surface area contributed by atoms with Crippen LogP contribution in [0.4, 0.5) is 13.2 Å². The van der Waals surface area contributed by atoms with Gasteiger partial charge in [-0.2, -0.15) is 18.3 Å². The van der Waals surface area contributed by atoms with Crippen LogP contribution < -0.4 is 10.6 Å². The number of ether oxygens (including phenoxy) is 1. The Balaban J connectivity index is 1.33. The van der Waals surface area contributed by atoms with Gasteiger partial charge in [-0.15, -0.1) is 0 Å². The molecule has 1 aromatic carbocycles. The molecule has 2 saturated heterocycles. The maximum atomic E-state index is 13.8. The van der Waals surface area contributed by atoms with E-state index in [4.69, 9.17) is 4.74 Å². The zero-order valence-electron chi connectivity index (χ0n) is 25.8. The van der Waals surface area contributed by atoms with Crippen molar-refractivity contribution in [3.05, 3.63) is 53.9 Å². The third kappa shape index (κ3) is 7.00. The molecule has 0 unspecified atom stereocenters. The highest BCUT2D eigenvalue weighted by atomic mass is 19.4. The molecule has 1 aromatic heterocycles. The molecular weight excluding hydrogens is 593 g/mol. The van der Waals surface area contributed by atoms with Crippen LogP contribution in [0.2, 0.25) is 0 Å². The van der Waals surface area contributed by atoms with Crippen molar-refractivity contribution in [2.45, 2.75) is 52.1 Å². The zero-order chi connectivity index (χ0) is 32.7. The molecule has 2 aromatic rings. The van der Waals surface area contributed by atoms with Gasteiger partial charge in [-0.05, 0) is 24.3 Å². The van der Waals surface area contributed by atoms with Crippen LogP contribution in [-0.2, 0) is 25.7 Å². The van der Waals surface area contributed by atoms with Gasteiger partial charge in [0.25, 0.3) is 5.91 Å². The van der Waals surface area contributed by atoms with Crippen LogP contribution in [-0.4, -0.2) is 101 Å². The van der Waals surface area contributed by atoms with Crippen LogP contribution in [0, 0.1) is 22.7 Å². The molecule has 3 aliphatic rings. The van der Waals surface area contributed by atoms with Crippen LogP contribution in [0.1, 0.15) is 43.1 Å². The van der Waals surface area contributed by atoms with Crippen molar-refractivity contribution < 1.29 is 37.1 Å². The van der Waals surface area contributed by atoms with Crippen molar-refractivity contribution in [1.82, 2.24) is 30.2 Å². The maximum absolute atomic E-state index is 13.8. The number of hydrogen-bond acceptors (Lipinski definition) is 6. The Morgan fingerprint density at radius 3 is 2.31 bits per heavy atom. The molecule has 1 saturated carbocycles. The van der Waals surface area contributed by atoms with Gasteiger partial charge >= 0.3 is 6.18 Å². The molecule has 0 radical (unpaired) electrons. The number of hydrogen-bond donors (Lipinski definition) is 2. The summed E-state index contributed by atoms with van der Waals surface area (Å²) in [7, 11) is 1.31. The molecular formula is C31H39F3N6O5. The summed E-state index contributed by atoms with van der Waals surface area (Å²) in [5, 5.41) is 9.28. The number of benzene rings is 1. The summed E-state index contributed by atoms with van der Waals surface area (Å²) in [5.74, 6) is -2.55. The molecule has 2 aliphatic heterocycles. The molecule has 3 heterocycles. The number of carbonyl (C=O) groups is 4. The van der Waals surface area contributed by atoms with Gasteiger partial charge in [0.05, 0.1) is 30.3 Å². The van der Waals surface area contributed by atoms with Crippen molar-refractivity contribution in [2.24, 2.45) is 22.7 Å². The average Bonchev–Trinajstić information content (AvgIpc) is 3.30. The van der Waals surface area contributed by atoms with Crippen LogP contribution in [0.25, 0.3) is 0 Å². The molecule has 3 fully saturated rings. The smallest absolute Gasteiger partial charge is 0.366 e. The quantitative estimate of drug-likeness (QED) is 0.413. The zero-order valence-corrected chi connectivity index (χ0v) is 25.8. The Morgan fingerprint density at radius 2 is 1.71 bits per heavy atom. The third-order valence-corrected chi connectivity index (χ3v) is 9.26. The lowest BCUT2D eigenvalue weighted by Crippen LogP contribution is -2.65. The normalized spacial score (nSPS) is 22.8. The topological polar surface area (TPSA) is 126 Å². The highest BCUT2D eigenvalue weighted by molar-refractivity contribution is 5.95. The fourth-order valence-electron chi connectivity index (χ4n) is 6.43. The second kappa shape index (κ2) is 12.1. The Morgan fingerprint density at radius 1 is 1.07 bits per heavy atom. The first kappa shape index (κ1) is 32.5. The van der Waals surface area contributed by atoms with Crippen LogP contribution in [0.15, 0.2) is 42.7 Å². The fraction of sp³-hybridized carbons (Fsp3) is 0.581. The molecule has 1 aliphatic carbocycles. The minimum Gasteiger partial charge on any atom is -0.366 e. The van der Waals surface area contributed by atoms with E-state index < -0.39 is 48.1 Å². The average molecular weight is 633 g/mol. The molecule has 244 valence electrons. The molecule has 0 bridgehead atoms. The van der Waals surface area contributed by atoms with Gasteiger partial charge in [0.2, 0.25) is 17.7 Å². The van der Waals surface area contributed by atoms with Crippen molar-refractivity contribution in [1.29, 1.82) is 0 Å². The molecule has 4 amide bonds. The van der Waals surface area contributed by atoms with Crippen molar-refractivity contribution in [3.63, 3.8) is 0 Å². The van der Waals surface area contributed by atoms with Gasteiger partial charge in [-0.25, -0.2) is 0 Å². The summed E-state index contributed by atoms with van der Waals surface area (Å²) in [6.45, 7) is 4.90. The molecule has 11 nitrogen and oxygen atoms in total. The number of likely N-dealkylation sites (tertiary alicyclic amines) is 2. The highest BCUT2D eigenvalue weighted by Crippen LogP contribution is 2.54. The van der Waals surface area contributed by atoms with Crippen LogP contribution in [0.5, 0.6) is 0 Å². The minimum atomic E-state index is -4.62. The van der Waals surface area contributed by atoms with Gasteiger partial charge in [-0.3, -0.25) is 23.9 Å². The lowest BCUT2D eigenvalue weighted by molar-refractivity contribution is -0.187. The summed E-state index contributed by atoms with van der Waals surface area (Å²) in [6.07, 6.45) is -2.02. The first-order valence-electron chi connectivity index (χ1n) is 15.0. The second-order valence-electron chi connectivity index (χ2n) is 13.2. The van der Waals surface area contributed by atoms with Crippen LogP contribution in [0.3, 0.4) is 0 Å². The third-order valence-electron chi connectivity index (χ3n) is 9.26. The highest BCUT2D eigenvalue weighted by Gasteiger charge is 2.62. The number of amides is 4. The number of halogens is 3. The molecule has 14 heteroatoms. The van der Waals surface area contributed by atoms with Gasteiger partial charge in [0.1, 0.15) is 12.6 Å². The number of nitrogens with one attached hydrogen (secondary N) is 2. The monoisotopic (exact) mass is 632 g/mol. The lowest BCUT2D eigenvalue weighted by Gasteiger charge is -2.50. The van der Waals surface area contributed by atoms with E-state index in [9.17, 15) is 32.3 Å². The maximum Gasteiger partial charge on any atom is 0.411 e. The SMILES string of the molecule is CNC(=O)[C@@H](NC(=O)[C@@H]1CN(C(=O)c2cnn(Cc3ccccc3)c2)CC12CN(C(=O)[C@H]1CC1(C)C)C2)[C@@H](C)OCC(F)(F)F. The van der Waals surface area contributed by atoms with Gasteiger partial charge in [-0.1, -0.05) is 44.2 Å². The van der Waals surface area contributed by atoms with Crippen molar-refractivity contribution >= 4 is 23.6 Å². The number of alkyl halides is 3. The lowest BCUT2D eigenvalue weighted by atomic mass is 9.70. The van der Waals surface area contributed by atoms with E-state index in [1.807, 2.05) is 44.2 Å². The van der Waals surface area contributed by atoms with Gasteiger partial charge in [0.15, 0.2) is 0 Å². The standard InChI is InChI=1S/C31H39F3N6O5/c1-19(45-18-31(32,33)34)24(26(42)35-4)37-25(41)23-14-38(15-30(23)16-39(17-30)28(44)22-10-29(22,2)3)27(43)21-11-36-40(13-21)12-20-8-6-5-7-9-20/h5-9,11,13,19,22-24H,10,12,14-18H2,1-4H3,(H,35,42)(H,37,41)/t19-,22-,23+,24+/m1/s1. The minimum absolute atomic E-state index is 0.00371. The first-order valence-corrected chi connectivity index (χ1v) is 15.0. The molecule has 1 spiro atoms. The van der Waals surface area contributed by atoms with Crippen molar-refractivity contribution in [2.75, 3.05) is 39.8 Å². The largest absolute Gasteiger partial charge is 0.411 e. The summed E-state index contributed by atoms with van der Waals surface area (Å²) in [5.41, 5.74) is 0.486. The Bertz CT molecular complexity index is 1440. The summed E-state index contributed by atoms with van der Waals surface area (Å²) in [4.78, 5) is 56.5. The molecule has 4 atom stereocenters. The predicted octanol–water partition coefficient (Wildman–Crippen LogP) is 2.08. The predicted molar refractivity (Wildman–Crippen MR) is 156 cm³/mol. The summed E-state index contributed by atoms with van der Waals surface area (Å²) >= 11 is 0. The molecule has 5 rings (SSSR count). The van der Waals surface area contributed by atoms with Gasteiger partial charge in [0, 0.05) is 50.8 Å². The first-order chi connectivity index (χ1) is 21.1. The number of rotatable bonds is 10. The Hall–Kier alpha value is -3.94. The molecule has 45 heavy (non-hydrogen) atoms. The van der Waals surface area contributed by atoms with E-state index in [1.54, 1.807) is 20.7 Å². The van der Waals surface area contributed by atoms with E-state index in [0.717, 1.165) is 12.0 Å². The summed E-state index contributed by atoms with van der Waals surface area (Å²) in [6, 6.07) is 8.22. The number of likely N-dealkylation sites (N-methyl/N-ethyl adjacent to an activating group) is 1. The van der Waals surface area contributed by atoms with E-state index in [1.165, 1.54) is 20.2 Å². The van der Waals surface area contributed by atoms with E-state index in [2.05, 4.69) is 15.7 Å². The Kier molecular flexibility index (Phi) is 8.73. The van der Waals surface area contributed by atoms with E-state index >= 15 is 0 Å². The van der Waals surface area contributed by atoms with Crippen LogP contribution >= 0.6 is 0 Å². The Labute approximate surface area is 259 Å².